The zero-order valence-corrected chi connectivity index (χ0v) is 10.0. The summed E-state index contributed by atoms with van der Waals surface area (Å²) in [6.45, 7) is 0. The number of hydrogen-bond acceptors (Lipinski definition) is 2. The molecule has 0 aliphatic heterocycles. The zero-order valence-electron chi connectivity index (χ0n) is 9.27. The van der Waals surface area contributed by atoms with Crippen molar-refractivity contribution >= 4 is 46.9 Å². The van der Waals surface area contributed by atoms with Crippen LogP contribution in [0.4, 0.5) is 0 Å². The van der Waals surface area contributed by atoms with Crippen LogP contribution in [0, 0.1) is 0 Å². The standard InChI is InChI=1S/C14H12ClNO.Na.H/c15-12-6-4-11(5-7-12)14(17)9-8-13-3-1-2-10-16-13;;/h1-7,10H,8-9H2;;. The van der Waals surface area contributed by atoms with E-state index in [4.69, 9.17) is 11.6 Å². The van der Waals surface area contributed by atoms with Crippen molar-refractivity contribution in [3.8, 4) is 0 Å². The number of rotatable bonds is 4. The summed E-state index contributed by atoms with van der Waals surface area (Å²) < 4.78 is 0. The van der Waals surface area contributed by atoms with Crippen LogP contribution in [-0.4, -0.2) is 40.3 Å². The molecule has 0 fully saturated rings. The van der Waals surface area contributed by atoms with Crippen LogP contribution in [0.15, 0.2) is 48.7 Å². The Hall–Kier alpha value is -0.670. The molecule has 0 atom stereocenters. The van der Waals surface area contributed by atoms with E-state index in [2.05, 4.69) is 4.98 Å². The summed E-state index contributed by atoms with van der Waals surface area (Å²) in [6, 6.07) is 12.7. The van der Waals surface area contributed by atoms with E-state index in [1.165, 1.54) is 0 Å². The molecule has 0 spiro atoms. The molecule has 0 aliphatic rings. The van der Waals surface area contributed by atoms with Gasteiger partial charge in [0.05, 0.1) is 0 Å². The van der Waals surface area contributed by atoms with Gasteiger partial charge in [-0.15, -0.1) is 0 Å². The Morgan fingerprint density at radius 3 is 2.44 bits per heavy atom. The molecule has 0 bridgehead atoms. The molecule has 1 heterocycles. The van der Waals surface area contributed by atoms with Crippen molar-refractivity contribution in [2.24, 2.45) is 0 Å². The quantitative estimate of drug-likeness (QED) is 0.631. The molecule has 4 heteroatoms. The van der Waals surface area contributed by atoms with Crippen LogP contribution in [0.25, 0.3) is 0 Å². The molecule has 18 heavy (non-hydrogen) atoms. The summed E-state index contributed by atoms with van der Waals surface area (Å²) in [6.07, 6.45) is 2.88. The fourth-order valence-corrected chi connectivity index (χ4v) is 1.69. The Kier molecular flexibility index (Phi) is 6.58. The topological polar surface area (TPSA) is 30.0 Å². The molecular formula is C14H13ClNNaO. The minimum atomic E-state index is 0. The number of hydrogen-bond donors (Lipinski definition) is 0. The molecule has 0 saturated heterocycles. The number of halogens is 1. The molecule has 0 N–H and O–H groups in total. The van der Waals surface area contributed by atoms with E-state index in [1.807, 2.05) is 18.2 Å². The van der Waals surface area contributed by atoms with Gasteiger partial charge in [0.15, 0.2) is 5.78 Å². The molecule has 0 aliphatic carbocycles. The van der Waals surface area contributed by atoms with Gasteiger partial charge in [-0.25, -0.2) is 0 Å². The van der Waals surface area contributed by atoms with E-state index < -0.39 is 0 Å². The predicted octanol–water partition coefficient (Wildman–Crippen LogP) is 2.90. The molecule has 2 aromatic rings. The number of carbonyl (C=O) groups is 1. The summed E-state index contributed by atoms with van der Waals surface area (Å²) >= 11 is 5.77. The van der Waals surface area contributed by atoms with Crippen molar-refractivity contribution in [3.05, 3.63) is 64.9 Å². The van der Waals surface area contributed by atoms with Crippen molar-refractivity contribution in [1.29, 1.82) is 0 Å². The van der Waals surface area contributed by atoms with Crippen LogP contribution in [0.5, 0.6) is 0 Å². The van der Waals surface area contributed by atoms with E-state index in [0.717, 1.165) is 5.69 Å². The maximum atomic E-state index is 11.9. The van der Waals surface area contributed by atoms with Gasteiger partial charge >= 0.3 is 29.6 Å². The summed E-state index contributed by atoms with van der Waals surface area (Å²) in [7, 11) is 0. The number of ketones is 1. The maximum absolute atomic E-state index is 11.9. The van der Waals surface area contributed by atoms with E-state index in [9.17, 15) is 4.79 Å². The molecule has 0 amide bonds. The molecule has 2 nitrogen and oxygen atoms in total. The average molecular weight is 270 g/mol. The summed E-state index contributed by atoms with van der Waals surface area (Å²) in [5, 5.41) is 0.645. The van der Waals surface area contributed by atoms with Gasteiger partial charge in [-0.2, -0.15) is 0 Å². The van der Waals surface area contributed by atoms with E-state index in [-0.39, 0.29) is 35.3 Å². The Bertz CT molecular complexity index is 499. The minimum absolute atomic E-state index is 0. The summed E-state index contributed by atoms with van der Waals surface area (Å²) in [4.78, 5) is 16.0. The van der Waals surface area contributed by atoms with Crippen LogP contribution in [-0.2, 0) is 6.42 Å². The number of carbonyl (C=O) groups excluding carboxylic acids is 1. The molecule has 0 saturated carbocycles. The number of nitrogens with zero attached hydrogens (tertiary/aromatic N) is 1. The molecule has 88 valence electrons. The van der Waals surface area contributed by atoms with Gasteiger partial charge in [-0.05, 0) is 42.8 Å². The zero-order chi connectivity index (χ0) is 12.1. The van der Waals surface area contributed by atoms with Gasteiger partial charge in [0.1, 0.15) is 0 Å². The second kappa shape index (κ2) is 7.70. The van der Waals surface area contributed by atoms with Gasteiger partial charge in [0.2, 0.25) is 0 Å². The van der Waals surface area contributed by atoms with Crippen molar-refractivity contribution in [1.82, 2.24) is 4.98 Å². The van der Waals surface area contributed by atoms with Crippen LogP contribution in [0.1, 0.15) is 22.5 Å². The van der Waals surface area contributed by atoms with Gasteiger partial charge < -0.3 is 0 Å². The summed E-state index contributed by atoms with van der Waals surface area (Å²) in [5.41, 5.74) is 1.64. The monoisotopic (exact) mass is 269 g/mol. The Morgan fingerprint density at radius 2 is 1.83 bits per heavy atom. The second-order valence-corrected chi connectivity index (χ2v) is 4.19. The fraction of sp³-hybridized carbons (Fsp3) is 0.143. The van der Waals surface area contributed by atoms with Crippen LogP contribution in [0.2, 0.25) is 5.02 Å². The fourth-order valence-electron chi connectivity index (χ4n) is 1.57. The van der Waals surface area contributed by atoms with Crippen molar-refractivity contribution < 1.29 is 4.79 Å². The van der Waals surface area contributed by atoms with Gasteiger partial charge in [-0.1, -0.05) is 17.7 Å². The van der Waals surface area contributed by atoms with Crippen LogP contribution >= 0.6 is 11.6 Å². The molecule has 0 radical (unpaired) electrons. The van der Waals surface area contributed by atoms with Crippen molar-refractivity contribution in [3.63, 3.8) is 0 Å². The normalized spacial score (nSPS) is 9.61. The van der Waals surface area contributed by atoms with Crippen LogP contribution in [0.3, 0.4) is 0 Å². The third-order valence-corrected chi connectivity index (χ3v) is 2.75. The van der Waals surface area contributed by atoms with E-state index in [1.54, 1.807) is 30.5 Å². The molecule has 0 unspecified atom stereocenters. The number of Topliss-reactive ketones (excluding diaryl/α,β-unsaturated/α-hetero) is 1. The number of pyridine rings is 1. The van der Waals surface area contributed by atoms with E-state index >= 15 is 0 Å². The number of benzene rings is 1. The van der Waals surface area contributed by atoms with Crippen LogP contribution < -0.4 is 0 Å². The first-order chi connectivity index (χ1) is 8.25. The number of aromatic nitrogens is 1. The van der Waals surface area contributed by atoms with Crippen molar-refractivity contribution in [2.45, 2.75) is 12.8 Å². The Balaban J connectivity index is 0.00000162. The SMILES string of the molecule is O=C(CCc1ccccn1)c1ccc(Cl)cc1.[NaH]. The first kappa shape index (κ1) is 15.4. The molecule has 1 aromatic carbocycles. The third kappa shape index (κ3) is 4.54. The molecule has 1 aromatic heterocycles. The van der Waals surface area contributed by atoms with E-state index in [0.29, 0.717) is 23.4 Å². The number of aryl methyl sites for hydroxylation is 1. The molecular weight excluding hydrogens is 257 g/mol. The molecule has 2 rings (SSSR count). The first-order valence-corrected chi connectivity index (χ1v) is 5.82. The second-order valence-electron chi connectivity index (χ2n) is 3.75. The van der Waals surface area contributed by atoms with Gasteiger partial charge in [0.25, 0.3) is 0 Å². The first-order valence-electron chi connectivity index (χ1n) is 5.44. The Labute approximate surface area is 134 Å². The predicted molar refractivity (Wildman–Crippen MR) is 75.5 cm³/mol. The average Bonchev–Trinajstić information content (AvgIpc) is 2.38. The van der Waals surface area contributed by atoms with Crippen molar-refractivity contribution in [2.75, 3.05) is 0 Å². The summed E-state index contributed by atoms with van der Waals surface area (Å²) in [5.74, 6) is 0.118. The third-order valence-electron chi connectivity index (χ3n) is 2.50. The van der Waals surface area contributed by atoms with Gasteiger partial charge in [-0.3, -0.25) is 9.78 Å². The Morgan fingerprint density at radius 1 is 1.11 bits per heavy atom. The van der Waals surface area contributed by atoms with Gasteiger partial charge in [0, 0.05) is 28.9 Å².